The first-order valence-corrected chi connectivity index (χ1v) is 7.99. The van der Waals surface area contributed by atoms with Crippen LogP contribution in [0.2, 0.25) is 0 Å². The third kappa shape index (κ3) is 4.71. The Morgan fingerprint density at radius 1 is 1.14 bits per heavy atom. The molecule has 0 saturated heterocycles. The molecule has 0 spiro atoms. The summed E-state index contributed by atoms with van der Waals surface area (Å²) in [4.78, 5) is 4.17. The third-order valence-corrected chi connectivity index (χ3v) is 3.72. The van der Waals surface area contributed by atoms with E-state index in [4.69, 9.17) is 4.74 Å². The van der Waals surface area contributed by atoms with Crippen molar-refractivity contribution in [1.29, 1.82) is 0 Å². The van der Waals surface area contributed by atoms with Crippen molar-refractivity contribution in [3.8, 4) is 0 Å². The highest BCUT2D eigenvalue weighted by Crippen LogP contribution is 2.23. The van der Waals surface area contributed by atoms with Crippen molar-refractivity contribution in [2.24, 2.45) is 0 Å². The van der Waals surface area contributed by atoms with Crippen molar-refractivity contribution < 1.29 is 4.74 Å². The molecule has 2 aromatic rings. The Morgan fingerprint density at radius 2 is 1.95 bits per heavy atom. The summed E-state index contributed by atoms with van der Waals surface area (Å²) in [7, 11) is 0. The number of hydrogen-bond acceptors (Lipinski definition) is 2. The molecule has 1 atom stereocenters. The Hall–Kier alpha value is -1.61. The average Bonchev–Trinajstić information content (AvgIpc) is 3.04. The normalized spacial score (nSPS) is 12.5. The summed E-state index contributed by atoms with van der Waals surface area (Å²) in [5, 5.41) is 0. The molecule has 2 rings (SSSR count). The van der Waals surface area contributed by atoms with Crippen LogP contribution in [0.1, 0.15) is 56.7 Å². The molecule has 0 saturated carbocycles. The Bertz CT molecular complexity index is 490. The first-order valence-electron chi connectivity index (χ1n) is 7.99. The molecule has 1 heterocycles. The fraction of sp³-hybridized carbons (Fsp3) is 0.500. The highest BCUT2D eigenvalue weighted by molar-refractivity contribution is 5.25. The summed E-state index contributed by atoms with van der Waals surface area (Å²) in [5.74, 6) is 0. The predicted molar refractivity (Wildman–Crippen MR) is 86.3 cm³/mol. The first-order chi connectivity index (χ1) is 10.3. The van der Waals surface area contributed by atoms with Crippen LogP contribution in [0.3, 0.4) is 0 Å². The molecule has 3 heteroatoms. The van der Waals surface area contributed by atoms with Gasteiger partial charge in [-0.3, -0.25) is 0 Å². The number of benzene rings is 1. The molecule has 0 fully saturated rings. The minimum absolute atomic E-state index is 0.382. The van der Waals surface area contributed by atoms with Crippen molar-refractivity contribution in [3.63, 3.8) is 0 Å². The van der Waals surface area contributed by atoms with Crippen LogP contribution in [-0.2, 0) is 11.3 Å². The van der Waals surface area contributed by atoms with E-state index in [1.165, 1.54) is 17.5 Å². The molecule has 1 unspecified atom stereocenters. The number of aromatic nitrogens is 2. The summed E-state index contributed by atoms with van der Waals surface area (Å²) in [6.07, 6.45) is 10.4. The maximum absolute atomic E-state index is 5.66. The zero-order valence-electron chi connectivity index (χ0n) is 13.2. The van der Waals surface area contributed by atoms with Crippen molar-refractivity contribution >= 4 is 0 Å². The Balaban J connectivity index is 1.99. The molecule has 21 heavy (non-hydrogen) atoms. The average molecular weight is 286 g/mol. The van der Waals surface area contributed by atoms with Gasteiger partial charge in [-0.1, -0.05) is 51.0 Å². The molecule has 0 amide bonds. The van der Waals surface area contributed by atoms with Gasteiger partial charge in [0.1, 0.15) is 0 Å². The minimum atomic E-state index is 0.382. The van der Waals surface area contributed by atoms with E-state index in [9.17, 15) is 0 Å². The van der Waals surface area contributed by atoms with Crippen molar-refractivity contribution in [2.45, 2.75) is 52.2 Å². The lowest BCUT2D eigenvalue weighted by Crippen LogP contribution is -2.08. The third-order valence-electron chi connectivity index (χ3n) is 3.72. The molecule has 0 aliphatic heterocycles. The molecular weight excluding hydrogens is 260 g/mol. The van der Waals surface area contributed by atoms with Gasteiger partial charge in [-0.25, -0.2) is 4.98 Å². The zero-order valence-corrected chi connectivity index (χ0v) is 13.2. The van der Waals surface area contributed by atoms with E-state index < -0.39 is 0 Å². The van der Waals surface area contributed by atoms with Crippen LogP contribution < -0.4 is 0 Å². The minimum Gasteiger partial charge on any atom is -0.377 e. The molecule has 114 valence electrons. The Labute approximate surface area is 128 Å². The second-order valence-electron chi connectivity index (χ2n) is 5.46. The number of hydrogen-bond donors (Lipinski definition) is 0. The second-order valence-corrected chi connectivity index (χ2v) is 5.46. The van der Waals surface area contributed by atoms with Gasteiger partial charge in [-0.2, -0.15) is 0 Å². The second kappa shape index (κ2) is 8.63. The molecule has 1 aromatic carbocycles. The van der Waals surface area contributed by atoms with Crippen molar-refractivity contribution in [3.05, 3.63) is 54.1 Å². The molecule has 0 bridgehead atoms. The summed E-state index contributed by atoms with van der Waals surface area (Å²) in [6.45, 7) is 5.97. The van der Waals surface area contributed by atoms with E-state index in [0.29, 0.717) is 12.6 Å². The monoisotopic (exact) mass is 286 g/mol. The Kier molecular flexibility index (Phi) is 6.48. The highest BCUT2D eigenvalue weighted by Gasteiger charge is 2.11. The summed E-state index contributed by atoms with van der Waals surface area (Å²) < 4.78 is 7.86. The predicted octanol–water partition coefficient (Wildman–Crippen LogP) is 4.59. The van der Waals surface area contributed by atoms with E-state index in [1.54, 1.807) is 0 Å². The van der Waals surface area contributed by atoms with Crippen LogP contribution in [0.15, 0.2) is 43.0 Å². The molecule has 0 aliphatic carbocycles. The summed E-state index contributed by atoms with van der Waals surface area (Å²) in [6, 6.07) is 9.19. The molecule has 0 aliphatic rings. The number of ether oxygens (including phenoxy) is 1. The van der Waals surface area contributed by atoms with Gasteiger partial charge in [0.25, 0.3) is 0 Å². The molecule has 0 radical (unpaired) electrons. The SMILES string of the molecule is CCCCOCc1ccc(C(CCC)n2ccnc2)cc1. The fourth-order valence-electron chi connectivity index (χ4n) is 2.49. The van der Waals surface area contributed by atoms with Gasteiger partial charge in [0.05, 0.1) is 19.0 Å². The summed E-state index contributed by atoms with van der Waals surface area (Å²) in [5.41, 5.74) is 2.59. The molecular formula is C18H26N2O. The van der Waals surface area contributed by atoms with Crippen molar-refractivity contribution in [1.82, 2.24) is 9.55 Å². The summed E-state index contributed by atoms with van der Waals surface area (Å²) >= 11 is 0. The molecule has 0 N–H and O–H groups in total. The van der Waals surface area contributed by atoms with Crippen LogP contribution in [0.5, 0.6) is 0 Å². The van der Waals surface area contributed by atoms with E-state index in [-0.39, 0.29) is 0 Å². The fourth-order valence-corrected chi connectivity index (χ4v) is 2.49. The van der Waals surface area contributed by atoms with Gasteiger partial charge in [0, 0.05) is 19.0 Å². The zero-order chi connectivity index (χ0) is 14.9. The van der Waals surface area contributed by atoms with Gasteiger partial charge in [0.2, 0.25) is 0 Å². The molecule has 1 aromatic heterocycles. The highest BCUT2D eigenvalue weighted by atomic mass is 16.5. The smallest absolute Gasteiger partial charge is 0.0951 e. The maximum Gasteiger partial charge on any atom is 0.0951 e. The topological polar surface area (TPSA) is 27.1 Å². The number of imidazole rings is 1. The van der Waals surface area contributed by atoms with Gasteiger partial charge in [0.15, 0.2) is 0 Å². The lowest BCUT2D eigenvalue weighted by atomic mass is 10.0. The van der Waals surface area contributed by atoms with Gasteiger partial charge in [-0.15, -0.1) is 0 Å². The first kappa shape index (κ1) is 15.8. The standard InChI is InChI=1S/C18H26N2O/c1-3-5-13-21-14-16-7-9-17(10-8-16)18(6-4-2)20-12-11-19-15-20/h7-12,15,18H,3-6,13-14H2,1-2H3. The van der Waals surface area contributed by atoms with E-state index in [1.807, 2.05) is 18.7 Å². The van der Waals surface area contributed by atoms with Gasteiger partial charge < -0.3 is 9.30 Å². The number of nitrogens with zero attached hydrogens (tertiary/aromatic N) is 2. The van der Waals surface area contributed by atoms with Crippen molar-refractivity contribution in [2.75, 3.05) is 6.61 Å². The van der Waals surface area contributed by atoms with Crippen LogP contribution in [0, 0.1) is 0 Å². The lowest BCUT2D eigenvalue weighted by Gasteiger charge is -2.18. The molecule has 3 nitrogen and oxygen atoms in total. The van der Waals surface area contributed by atoms with Crippen LogP contribution in [0.4, 0.5) is 0 Å². The lowest BCUT2D eigenvalue weighted by molar-refractivity contribution is 0.118. The Morgan fingerprint density at radius 3 is 2.57 bits per heavy atom. The van der Waals surface area contributed by atoms with Crippen LogP contribution in [0.25, 0.3) is 0 Å². The quantitative estimate of drug-likeness (QED) is 0.630. The maximum atomic E-state index is 5.66. The van der Waals surface area contributed by atoms with Crippen LogP contribution in [-0.4, -0.2) is 16.2 Å². The van der Waals surface area contributed by atoms with Crippen LogP contribution >= 0.6 is 0 Å². The van der Waals surface area contributed by atoms with E-state index >= 15 is 0 Å². The van der Waals surface area contributed by atoms with Gasteiger partial charge >= 0.3 is 0 Å². The van der Waals surface area contributed by atoms with E-state index in [2.05, 4.69) is 47.7 Å². The number of unbranched alkanes of at least 4 members (excludes halogenated alkanes) is 1. The largest absolute Gasteiger partial charge is 0.377 e. The number of rotatable bonds is 9. The van der Waals surface area contributed by atoms with E-state index in [0.717, 1.165) is 25.9 Å². The van der Waals surface area contributed by atoms with Gasteiger partial charge in [-0.05, 0) is 24.0 Å².